The van der Waals surface area contributed by atoms with E-state index in [4.69, 9.17) is 0 Å². The summed E-state index contributed by atoms with van der Waals surface area (Å²) in [4.78, 5) is 5.67. The first-order valence-corrected chi connectivity index (χ1v) is 7.83. The number of thiophene rings is 1. The largest absolute Gasteiger partial charge is 0.310 e. The van der Waals surface area contributed by atoms with Crippen molar-refractivity contribution < 1.29 is 0 Å². The molecule has 2 aromatic heterocycles. The molecule has 0 bridgehead atoms. The molecule has 4 heteroatoms. The Kier molecular flexibility index (Phi) is 5.35. The summed E-state index contributed by atoms with van der Waals surface area (Å²) in [6, 6.07) is 6.79. The third-order valence-corrected chi connectivity index (χ3v) is 4.09. The lowest BCUT2D eigenvalue weighted by molar-refractivity contribution is 0.530. The topological polar surface area (TPSA) is 24.9 Å². The highest BCUT2D eigenvalue weighted by molar-refractivity contribution is 9.10. The van der Waals surface area contributed by atoms with Gasteiger partial charge in [0.1, 0.15) is 0 Å². The zero-order chi connectivity index (χ0) is 12.8. The van der Waals surface area contributed by atoms with Crippen LogP contribution in [-0.4, -0.2) is 11.5 Å². The van der Waals surface area contributed by atoms with Crippen molar-refractivity contribution >= 4 is 27.3 Å². The van der Waals surface area contributed by atoms with E-state index >= 15 is 0 Å². The molecule has 1 atom stereocenters. The van der Waals surface area contributed by atoms with Gasteiger partial charge in [-0.2, -0.15) is 0 Å². The highest BCUT2D eigenvalue weighted by Crippen LogP contribution is 2.22. The second-order valence-corrected chi connectivity index (χ2v) is 6.17. The Labute approximate surface area is 121 Å². The lowest BCUT2D eigenvalue weighted by atomic mass is 10.0. The van der Waals surface area contributed by atoms with E-state index in [0.29, 0.717) is 6.04 Å². The maximum Gasteiger partial charge on any atom is 0.0410 e. The van der Waals surface area contributed by atoms with Gasteiger partial charge in [0.05, 0.1) is 0 Å². The fourth-order valence-corrected chi connectivity index (χ4v) is 3.01. The molecule has 0 aliphatic carbocycles. The van der Waals surface area contributed by atoms with E-state index in [1.807, 2.05) is 23.7 Å². The van der Waals surface area contributed by atoms with E-state index in [-0.39, 0.29) is 0 Å². The van der Waals surface area contributed by atoms with Gasteiger partial charge in [-0.1, -0.05) is 13.0 Å². The molecule has 0 saturated heterocycles. The van der Waals surface area contributed by atoms with E-state index < -0.39 is 0 Å². The minimum absolute atomic E-state index is 0.341. The highest BCUT2D eigenvalue weighted by Gasteiger charge is 2.12. The standard InChI is InChI=1S/C14H17BrN2S/c1-2-5-17-14(8-13-4-3-6-18-13)11-7-12(15)10-16-9-11/h3-4,6-7,9-10,14,17H,2,5,8H2,1H3. The Morgan fingerprint density at radius 3 is 3.00 bits per heavy atom. The van der Waals surface area contributed by atoms with Crippen molar-refractivity contribution in [3.05, 3.63) is 50.9 Å². The van der Waals surface area contributed by atoms with Gasteiger partial charge in [-0.3, -0.25) is 4.98 Å². The summed E-state index contributed by atoms with van der Waals surface area (Å²) in [5.74, 6) is 0. The van der Waals surface area contributed by atoms with Crippen molar-refractivity contribution in [1.82, 2.24) is 10.3 Å². The number of halogens is 1. The molecular formula is C14H17BrN2S. The van der Waals surface area contributed by atoms with Crippen LogP contribution in [-0.2, 0) is 6.42 Å². The number of rotatable bonds is 6. The molecule has 2 nitrogen and oxygen atoms in total. The molecule has 0 spiro atoms. The molecule has 96 valence electrons. The first-order valence-electron chi connectivity index (χ1n) is 6.16. The molecule has 0 aromatic carbocycles. The molecule has 0 amide bonds. The average molecular weight is 325 g/mol. The Hall–Kier alpha value is -0.710. The minimum Gasteiger partial charge on any atom is -0.310 e. The fraction of sp³-hybridized carbons (Fsp3) is 0.357. The predicted molar refractivity (Wildman–Crippen MR) is 81.0 cm³/mol. The van der Waals surface area contributed by atoms with Crippen LogP contribution in [0.5, 0.6) is 0 Å². The molecule has 2 heterocycles. The van der Waals surface area contributed by atoms with E-state index in [0.717, 1.165) is 23.9 Å². The SMILES string of the molecule is CCCNC(Cc1cccs1)c1cncc(Br)c1. The van der Waals surface area contributed by atoms with E-state index in [2.05, 4.69) is 56.7 Å². The van der Waals surface area contributed by atoms with E-state index in [9.17, 15) is 0 Å². The maximum atomic E-state index is 4.26. The first kappa shape index (κ1) is 13.7. The van der Waals surface area contributed by atoms with Gasteiger partial charge in [0.15, 0.2) is 0 Å². The van der Waals surface area contributed by atoms with Crippen LogP contribution in [0.25, 0.3) is 0 Å². The summed E-state index contributed by atoms with van der Waals surface area (Å²) >= 11 is 5.30. The molecule has 0 radical (unpaired) electrons. The molecule has 0 saturated carbocycles. The maximum absolute atomic E-state index is 4.26. The van der Waals surface area contributed by atoms with Gasteiger partial charge >= 0.3 is 0 Å². The van der Waals surface area contributed by atoms with Gasteiger partial charge in [0.25, 0.3) is 0 Å². The molecule has 18 heavy (non-hydrogen) atoms. The second-order valence-electron chi connectivity index (χ2n) is 4.23. The van der Waals surface area contributed by atoms with E-state index in [1.165, 1.54) is 10.4 Å². The quantitative estimate of drug-likeness (QED) is 0.861. The number of nitrogens with one attached hydrogen (secondary N) is 1. The predicted octanol–water partition coefficient (Wildman–Crippen LogP) is 4.19. The lowest BCUT2D eigenvalue weighted by Crippen LogP contribution is -2.24. The molecule has 1 unspecified atom stereocenters. The number of pyridine rings is 1. The van der Waals surface area contributed by atoms with Crippen LogP contribution in [0.4, 0.5) is 0 Å². The number of nitrogens with zero attached hydrogens (tertiary/aromatic N) is 1. The van der Waals surface area contributed by atoms with Crippen molar-refractivity contribution in [1.29, 1.82) is 0 Å². The van der Waals surface area contributed by atoms with Crippen LogP contribution in [0.2, 0.25) is 0 Å². The van der Waals surface area contributed by atoms with Crippen molar-refractivity contribution in [2.24, 2.45) is 0 Å². The highest BCUT2D eigenvalue weighted by atomic mass is 79.9. The smallest absolute Gasteiger partial charge is 0.0410 e. The van der Waals surface area contributed by atoms with Gasteiger partial charge < -0.3 is 5.32 Å². The van der Waals surface area contributed by atoms with Crippen molar-refractivity contribution in [3.8, 4) is 0 Å². The monoisotopic (exact) mass is 324 g/mol. The zero-order valence-corrected chi connectivity index (χ0v) is 12.8. The first-order chi connectivity index (χ1) is 8.79. The average Bonchev–Trinajstić information content (AvgIpc) is 2.87. The Bertz CT molecular complexity index is 470. The van der Waals surface area contributed by atoms with Gasteiger partial charge in [-0.05, 0) is 52.0 Å². The lowest BCUT2D eigenvalue weighted by Gasteiger charge is -2.18. The molecule has 0 aliphatic heterocycles. The van der Waals surface area contributed by atoms with Gasteiger partial charge in [0, 0.05) is 34.2 Å². The van der Waals surface area contributed by atoms with E-state index in [1.54, 1.807) is 0 Å². The molecule has 1 N–H and O–H groups in total. The van der Waals surface area contributed by atoms with Crippen molar-refractivity contribution in [2.75, 3.05) is 6.54 Å². The minimum atomic E-state index is 0.341. The number of hydrogen-bond acceptors (Lipinski definition) is 3. The number of hydrogen-bond donors (Lipinski definition) is 1. The molecule has 0 fully saturated rings. The molecule has 2 aromatic rings. The van der Waals surface area contributed by atoms with Crippen molar-refractivity contribution in [3.63, 3.8) is 0 Å². The van der Waals surface area contributed by atoms with Crippen LogP contribution >= 0.6 is 27.3 Å². The van der Waals surface area contributed by atoms with Crippen LogP contribution in [0.3, 0.4) is 0 Å². The summed E-state index contributed by atoms with van der Waals surface area (Å²) in [7, 11) is 0. The molecular weight excluding hydrogens is 308 g/mol. The van der Waals surface area contributed by atoms with Crippen LogP contribution in [0.1, 0.15) is 29.8 Å². The fourth-order valence-electron chi connectivity index (χ4n) is 1.88. The number of aromatic nitrogens is 1. The van der Waals surface area contributed by atoms with Crippen LogP contribution in [0, 0.1) is 0 Å². The summed E-state index contributed by atoms with van der Waals surface area (Å²) in [6.07, 6.45) is 5.94. The summed E-state index contributed by atoms with van der Waals surface area (Å²) in [5.41, 5.74) is 1.24. The zero-order valence-electron chi connectivity index (χ0n) is 10.4. The third kappa shape index (κ3) is 3.90. The van der Waals surface area contributed by atoms with Crippen LogP contribution in [0.15, 0.2) is 40.4 Å². The van der Waals surface area contributed by atoms with Gasteiger partial charge in [0.2, 0.25) is 0 Å². The van der Waals surface area contributed by atoms with Crippen molar-refractivity contribution in [2.45, 2.75) is 25.8 Å². The van der Waals surface area contributed by atoms with Crippen LogP contribution < -0.4 is 5.32 Å². The molecule has 2 rings (SSSR count). The molecule has 0 aliphatic rings. The Morgan fingerprint density at radius 2 is 2.33 bits per heavy atom. The van der Waals surface area contributed by atoms with Gasteiger partial charge in [-0.25, -0.2) is 0 Å². The Balaban J connectivity index is 2.13. The second kappa shape index (κ2) is 7.02. The van der Waals surface area contributed by atoms with Gasteiger partial charge in [-0.15, -0.1) is 11.3 Å². The Morgan fingerprint density at radius 1 is 1.44 bits per heavy atom. The normalized spacial score (nSPS) is 12.6. The summed E-state index contributed by atoms with van der Waals surface area (Å²) in [5, 5.41) is 5.73. The summed E-state index contributed by atoms with van der Waals surface area (Å²) < 4.78 is 1.04. The summed E-state index contributed by atoms with van der Waals surface area (Å²) in [6.45, 7) is 3.22. The third-order valence-electron chi connectivity index (χ3n) is 2.75.